The second kappa shape index (κ2) is 7.85. The van der Waals surface area contributed by atoms with Crippen LogP contribution in [0.3, 0.4) is 0 Å². The number of carbonyl (C=O) groups is 1. The Bertz CT molecular complexity index is 447. The zero-order valence-electron chi connectivity index (χ0n) is 12.9. The summed E-state index contributed by atoms with van der Waals surface area (Å²) < 4.78 is 10.0. The maximum atomic E-state index is 11.7. The fraction of sp³-hybridized carbons (Fsp3) is 0.600. The molecule has 0 aliphatic rings. The van der Waals surface area contributed by atoms with Gasteiger partial charge in [-0.25, -0.2) is 0 Å². The predicted molar refractivity (Wildman–Crippen MR) is 77.6 cm³/mol. The van der Waals surface area contributed by atoms with Crippen LogP contribution in [0.1, 0.15) is 31.7 Å². The molecule has 0 aliphatic heterocycles. The molecule has 1 N–H and O–H groups in total. The van der Waals surface area contributed by atoms with Gasteiger partial charge in [0.2, 0.25) is 0 Å². The standard InChI is InChI=1S/C15H24N2O3/c1-10(2)6-14(15(18)20-5)16-9-12-8-13(19-4)7-11(3)17-12/h7-8,10,14,16H,6,9H2,1-5H3. The van der Waals surface area contributed by atoms with E-state index in [0.717, 1.165) is 23.6 Å². The van der Waals surface area contributed by atoms with E-state index in [2.05, 4.69) is 24.1 Å². The Morgan fingerprint density at radius 2 is 2.05 bits per heavy atom. The average molecular weight is 280 g/mol. The summed E-state index contributed by atoms with van der Waals surface area (Å²) >= 11 is 0. The highest BCUT2D eigenvalue weighted by Gasteiger charge is 2.20. The molecule has 0 radical (unpaired) electrons. The molecular formula is C15H24N2O3. The molecule has 1 rings (SSSR count). The molecule has 1 aromatic rings. The number of rotatable bonds is 7. The molecule has 1 aromatic heterocycles. The molecule has 112 valence electrons. The number of hydrogen-bond acceptors (Lipinski definition) is 5. The van der Waals surface area contributed by atoms with Gasteiger partial charge in [-0.15, -0.1) is 0 Å². The first-order valence-electron chi connectivity index (χ1n) is 6.79. The lowest BCUT2D eigenvalue weighted by Gasteiger charge is -2.18. The van der Waals surface area contributed by atoms with E-state index in [4.69, 9.17) is 9.47 Å². The highest BCUT2D eigenvalue weighted by Crippen LogP contribution is 2.14. The molecule has 0 fully saturated rings. The second-order valence-corrected chi connectivity index (χ2v) is 5.23. The number of ether oxygens (including phenoxy) is 2. The number of pyridine rings is 1. The third-order valence-corrected chi connectivity index (χ3v) is 2.94. The molecule has 0 aromatic carbocycles. The Kier molecular flexibility index (Phi) is 6.45. The van der Waals surface area contributed by atoms with Crippen molar-refractivity contribution >= 4 is 5.97 Å². The van der Waals surface area contributed by atoms with Gasteiger partial charge in [-0.05, 0) is 19.3 Å². The zero-order valence-corrected chi connectivity index (χ0v) is 12.9. The molecule has 0 saturated carbocycles. The van der Waals surface area contributed by atoms with Crippen LogP contribution in [0.5, 0.6) is 5.75 Å². The first kappa shape index (κ1) is 16.4. The summed E-state index contributed by atoms with van der Waals surface area (Å²) in [6, 6.07) is 3.42. The van der Waals surface area contributed by atoms with Crippen molar-refractivity contribution in [3.8, 4) is 5.75 Å². The van der Waals surface area contributed by atoms with E-state index in [1.54, 1.807) is 7.11 Å². The molecule has 20 heavy (non-hydrogen) atoms. The van der Waals surface area contributed by atoms with Gasteiger partial charge >= 0.3 is 5.97 Å². The number of methoxy groups -OCH3 is 2. The molecule has 5 heteroatoms. The van der Waals surface area contributed by atoms with Gasteiger partial charge in [0.05, 0.1) is 19.9 Å². The maximum Gasteiger partial charge on any atom is 0.322 e. The lowest BCUT2D eigenvalue weighted by atomic mass is 10.0. The first-order chi connectivity index (χ1) is 9.46. The minimum absolute atomic E-state index is 0.238. The molecule has 0 spiro atoms. The predicted octanol–water partition coefficient (Wildman–Crippen LogP) is 2.08. The third kappa shape index (κ3) is 5.17. The first-order valence-corrected chi connectivity index (χ1v) is 6.79. The minimum atomic E-state index is -0.312. The van der Waals surface area contributed by atoms with Crippen molar-refractivity contribution < 1.29 is 14.3 Å². The number of aryl methyl sites for hydroxylation is 1. The molecule has 0 bridgehead atoms. The normalized spacial score (nSPS) is 12.3. The SMILES string of the molecule is COC(=O)C(CC(C)C)NCc1cc(OC)cc(C)n1. The fourth-order valence-corrected chi connectivity index (χ4v) is 2.02. The van der Waals surface area contributed by atoms with Crippen LogP contribution in [-0.4, -0.2) is 31.2 Å². The van der Waals surface area contributed by atoms with Gasteiger partial charge in [-0.3, -0.25) is 15.1 Å². The van der Waals surface area contributed by atoms with Gasteiger partial charge in [0.1, 0.15) is 11.8 Å². The van der Waals surface area contributed by atoms with Crippen molar-refractivity contribution in [1.82, 2.24) is 10.3 Å². The molecule has 0 saturated heterocycles. The average Bonchev–Trinajstić information content (AvgIpc) is 2.41. The van der Waals surface area contributed by atoms with Crippen molar-refractivity contribution in [3.63, 3.8) is 0 Å². The van der Waals surface area contributed by atoms with Gasteiger partial charge in [-0.1, -0.05) is 13.8 Å². The Balaban J connectivity index is 2.71. The Hall–Kier alpha value is -1.62. The summed E-state index contributed by atoms with van der Waals surface area (Å²) in [5, 5.41) is 3.20. The van der Waals surface area contributed by atoms with Gasteiger partial charge in [-0.2, -0.15) is 0 Å². The van der Waals surface area contributed by atoms with Crippen molar-refractivity contribution in [2.75, 3.05) is 14.2 Å². The molecule has 0 amide bonds. The topological polar surface area (TPSA) is 60.5 Å². The monoisotopic (exact) mass is 280 g/mol. The van der Waals surface area contributed by atoms with E-state index in [1.807, 2.05) is 19.1 Å². The molecule has 1 atom stereocenters. The van der Waals surface area contributed by atoms with Gasteiger partial charge in [0.25, 0.3) is 0 Å². The van der Waals surface area contributed by atoms with E-state index in [-0.39, 0.29) is 12.0 Å². The molecule has 1 unspecified atom stereocenters. The van der Waals surface area contributed by atoms with E-state index < -0.39 is 0 Å². The highest BCUT2D eigenvalue weighted by molar-refractivity contribution is 5.75. The van der Waals surface area contributed by atoms with E-state index >= 15 is 0 Å². The zero-order chi connectivity index (χ0) is 15.1. The Morgan fingerprint density at radius 1 is 1.35 bits per heavy atom. The second-order valence-electron chi connectivity index (χ2n) is 5.23. The molecule has 1 heterocycles. The number of esters is 1. The molecular weight excluding hydrogens is 256 g/mol. The fourth-order valence-electron chi connectivity index (χ4n) is 2.02. The smallest absolute Gasteiger partial charge is 0.322 e. The van der Waals surface area contributed by atoms with Crippen LogP contribution in [0.2, 0.25) is 0 Å². The number of nitrogens with zero attached hydrogens (tertiary/aromatic N) is 1. The van der Waals surface area contributed by atoms with Crippen LogP contribution in [0.25, 0.3) is 0 Å². The van der Waals surface area contributed by atoms with Crippen molar-refractivity contribution in [2.24, 2.45) is 5.92 Å². The molecule has 5 nitrogen and oxygen atoms in total. The lowest BCUT2D eigenvalue weighted by molar-refractivity contribution is -0.143. The number of aromatic nitrogens is 1. The van der Waals surface area contributed by atoms with Crippen molar-refractivity contribution in [2.45, 2.75) is 39.8 Å². The van der Waals surface area contributed by atoms with Gasteiger partial charge in [0, 0.05) is 24.4 Å². The van der Waals surface area contributed by atoms with Crippen LogP contribution in [0.4, 0.5) is 0 Å². The summed E-state index contributed by atoms with van der Waals surface area (Å²) in [6.07, 6.45) is 0.732. The van der Waals surface area contributed by atoms with Crippen LogP contribution in [0.15, 0.2) is 12.1 Å². The maximum absolute atomic E-state index is 11.7. The summed E-state index contributed by atoms with van der Waals surface area (Å²) in [5.41, 5.74) is 1.74. The van der Waals surface area contributed by atoms with Gasteiger partial charge < -0.3 is 9.47 Å². The summed E-state index contributed by atoms with van der Waals surface area (Å²) in [7, 11) is 3.04. The number of carbonyl (C=O) groups excluding carboxylic acids is 1. The van der Waals surface area contributed by atoms with Crippen LogP contribution >= 0.6 is 0 Å². The van der Waals surface area contributed by atoms with Crippen LogP contribution in [-0.2, 0) is 16.1 Å². The summed E-state index contributed by atoms with van der Waals surface area (Å²) in [6.45, 7) is 6.57. The van der Waals surface area contributed by atoms with Crippen LogP contribution < -0.4 is 10.1 Å². The summed E-state index contributed by atoms with van der Waals surface area (Å²) in [4.78, 5) is 16.2. The van der Waals surface area contributed by atoms with Crippen LogP contribution in [0, 0.1) is 12.8 Å². The number of nitrogens with one attached hydrogen (secondary N) is 1. The largest absolute Gasteiger partial charge is 0.497 e. The van der Waals surface area contributed by atoms with E-state index in [1.165, 1.54) is 7.11 Å². The Morgan fingerprint density at radius 3 is 2.60 bits per heavy atom. The van der Waals surface area contributed by atoms with Gasteiger partial charge in [0.15, 0.2) is 0 Å². The Labute approximate surface area is 120 Å². The van der Waals surface area contributed by atoms with E-state index in [9.17, 15) is 4.79 Å². The number of hydrogen-bond donors (Lipinski definition) is 1. The van der Waals surface area contributed by atoms with E-state index in [0.29, 0.717) is 12.5 Å². The lowest BCUT2D eigenvalue weighted by Crippen LogP contribution is -2.38. The van der Waals surface area contributed by atoms with Crippen molar-refractivity contribution in [1.29, 1.82) is 0 Å². The van der Waals surface area contributed by atoms with Crippen molar-refractivity contribution in [3.05, 3.63) is 23.5 Å². The molecule has 0 aliphatic carbocycles. The summed E-state index contributed by atoms with van der Waals surface area (Å²) in [5.74, 6) is 0.942. The quantitative estimate of drug-likeness (QED) is 0.775. The minimum Gasteiger partial charge on any atom is -0.497 e. The highest BCUT2D eigenvalue weighted by atomic mass is 16.5. The third-order valence-electron chi connectivity index (χ3n) is 2.94.